The van der Waals surface area contributed by atoms with Crippen LogP contribution in [-0.2, 0) is 24.6 Å². The number of carbonyl (C=O) groups excluding carboxylic acids is 1. The maximum Gasteiger partial charge on any atom is 0.451 e. The molecule has 0 unspecified atom stereocenters. The van der Waals surface area contributed by atoms with Gasteiger partial charge in [-0.15, -0.1) is 5.10 Å². The van der Waals surface area contributed by atoms with Crippen LogP contribution in [0.15, 0.2) is 4.79 Å². The lowest BCUT2D eigenvalue weighted by atomic mass is 10.4. The van der Waals surface area contributed by atoms with Crippen molar-refractivity contribution in [1.82, 2.24) is 19.7 Å². The monoisotopic (exact) mass is 266 g/mol. The van der Waals surface area contributed by atoms with Gasteiger partial charge < -0.3 is 5.32 Å². The molecule has 102 valence electrons. The minimum Gasteiger partial charge on any atom is -0.352 e. The summed E-state index contributed by atoms with van der Waals surface area (Å²) in [5.74, 6) is -1.90. The second kappa shape index (κ2) is 4.83. The predicted molar refractivity (Wildman–Crippen MR) is 55.7 cm³/mol. The molecule has 6 nitrogen and oxygen atoms in total. The van der Waals surface area contributed by atoms with Crippen LogP contribution in [0.2, 0.25) is 0 Å². The molecule has 1 aromatic heterocycles. The molecule has 1 rings (SSSR count). The Morgan fingerprint density at radius 1 is 1.44 bits per heavy atom. The summed E-state index contributed by atoms with van der Waals surface area (Å²) in [6.45, 7) is 2.85. The Bertz CT molecular complexity index is 501. The number of aromatic nitrogens is 3. The van der Waals surface area contributed by atoms with E-state index in [2.05, 4.69) is 10.4 Å². The average molecular weight is 266 g/mol. The Morgan fingerprint density at radius 2 is 2.00 bits per heavy atom. The first-order chi connectivity index (χ1) is 8.12. The van der Waals surface area contributed by atoms with Crippen molar-refractivity contribution in [2.45, 2.75) is 32.6 Å². The van der Waals surface area contributed by atoms with Crippen molar-refractivity contribution in [3.63, 3.8) is 0 Å². The molecule has 9 heteroatoms. The lowest BCUT2D eigenvalue weighted by Crippen LogP contribution is -2.36. The van der Waals surface area contributed by atoms with Gasteiger partial charge in [-0.3, -0.25) is 9.36 Å². The van der Waals surface area contributed by atoms with Crippen molar-refractivity contribution >= 4 is 5.91 Å². The molecular weight excluding hydrogens is 253 g/mol. The van der Waals surface area contributed by atoms with Crippen LogP contribution in [0.25, 0.3) is 0 Å². The van der Waals surface area contributed by atoms with Gasteiger partial charge >= 0.3 is 11.9 Å². The lowest BCUT2D eigenvalue weighted by molar-refractivity contribution is -0.147. The number of alkyl halides is 3. The highest BCUT2D eigenvalue weighted by molar-refractivity contribution is 5.75. The number of nitrogens with zero attached hydrogens (tertiary/aromatic N) is 3. The van der Waals surface area contributed by atoms with Crippen molar-refractivity contribution in [3.8, 4) is 0 Å². The van der Waals surface area contributed by atoms with Crippen LogP contribution >= 0.6 is 0 Å². The van der Waals surface area contributed by atoms with Crippen LogP contribution in [0.5, 0.6) is 0 Å². The van der Waals surface area contributed by atoms with E-state index in [9.17, 15) is 22.8 Å². The molecule has 18 heavy (non-hydrogen) atoms. The average Bonchev–Trinajstić information content (AvgIpc) is 2.44. The zero-order valence-corrected chi connectivity index (χ0v) is 10.1. The summed E-state index contributed by atoms with van der Waals surface area (Å²) in [5.41, 5.74) is -0.985. The fourth-order valence-electron chi connectivity index (χ4n) is 1.34. The van der Waals surface area contributed by atoms with Gasteiger partial charge in [-0.2, -0.15) is 13.2 Å². The second-order valence-electron chi connectivity index (χ2n) is 4.04. The summed E-state index contributed by atoms with van der Waals surface area (Å²) in [7, 11) is 0.953. The van der Waals surface area contributed by atoms with Crippen LogP contribution in [-0.4, -0.2) is 26.3 Å². The summed E-state index contributed by atoms with van der Waals surface area (Å²) in [6.07, 6.45) is -4.73. The van der Waals surface area contributed by atoms with Gasteiger partial charge in [0.25, 0.3) is 0 Å². The van der Waals surface area contributed by atoms with Gasteiger partial charge in [0, 0.05) is 13.1 Å². The third kappa shape index (κ3) is 3.11. The summed E-state index contributed by atoms with van der Waals surface area (Å²) < 4.78 is 38.2. The molecule has 0 spiro atoms. The maximum absolute atomic E-state index is 12.5. The van der Waals surface area contributed by atoms with E-state index in [-0.39, 0.29) is 6.04 Å². The molecule has 0 saturated heterocycles. The lowest BCUT2D eigenvalue weighted by Gasteiger charge is -2.07. The highest BCUT2D eigenvalue weighted by atomic mass is 19.4. The SMILES string of the molecule is CC(C)NC(=O)Cn1nc(C(F)(F)F)n(C)c1=O. The number of carbonyl (C=O) groups is 1. The molecule has 1 heterocycles. The first-order valence-corrected chi connectivity index (χ1v) is 5.13. The third-order valence-corrected chi connectivity index (χ3v) is 2.04. The van der Waals surface area contributed by atoms with E-state index in [4.69, 9.17) is 0 Å². The molecule has 0 aliphatic rings. The number of hydrogen-bond acceptors (Lipinski definition) is 3. The van der Waals surface area contributed by atoms with Crippen LogP contribution in [0, 0.1) is 0 Å². The summed E-state index contributed by atoms with van der Waals surface area (Å²) in [4.78, 5) is 22.8. The highest BCUT2D eigenvalue weighted by Gasteiger charge is 2.38. The van der Waals surface area contributed by atoms with Crippen LogP contribution in [0.3, 0.4) is 0 Å². The standard InChI is InChI=1S/C9H13F3N4O2/c1-5(2)13-6(17)4-16-8(18)15(3)7(14-16)9(10,11)12/h5H,4H2,1-3H3,(H,13,17). The Hall–Kier alpha value is -1.80. The van der Waals surface area contributed by atoms with Crippen molar-refractivity contribution in [2.75, 3.05) is 0 Å². The number of amides is 1. The van der Waals surface area contributed by atoms with Crippen molar-refractivity contribution in [1.29, 1.82) is 0 Å². The molecule has 0 aliphatic carbocycles. The van der Waals surface area contributed by atoms with Crippen molar-refractivity contribution < 1.29 is 18.0 Å². The Labute approximate surface area is 100 Å². The fourth-order valence-corrected chi connectivity index (χ4v) is 1.34. The quantitative estimate of drug-likeness (QED) is 0.845. The van der Waals surface area contributed by atoms with Gasteiger partial charge in [0.2, 0.25) is 11.7 Å². The molecule has 1 amide bonds. The zero-order valence-electron chi connectivity index (χ0n) is 10.1. The molecule has 0 bridgehead atoms. The molecule has 0 atom stereocenters. The molecule has 0 fully saturated rings. The zero-order chi connectivity index (χ0) is 14.1. The van der Waals surface area contributed by atoms with Crippen LogP contribution in [0.1, 0.15) is 19.7 Å². The molecule has 0 aromatic carbocycles. The molecular formula is C9H13F3N4O2. The van der Waals surface area contributed by atoms with Gasteiger partial charge in [-0.1, -0.05) is 0 Å². The molecule has 0 radical (unpaired) electrons. The minimum atomic E-state index is -4.73. The fraction of sp³-hybridized carbons (Fsp3) is 0.667. The third-order valence-electron chi connectivity index (χ3n) is 2.04. The second-order valence-corrected chi connectivity index (χ2v) is 4.04. The van der Waals surface area contributed by atoms with Gasteiger partial charge in [-0.05, 0) is 13.8 Å². The van der Waals surface area contributed by atoms with E-state index in [1.807, 2.05) is 0 Å². The summed E-state index contributed by atoms with van der Waals surface area (Å²) >= 11 is 0. The number of nitrogens with one attached hydrogen (secondary N) is 1. The normalized spacial score (nSPS) is 11.9. The number of hydrogen-bond donors (Lipinski definition) is 1. The first-order valence-electron chi connectivity index (χ1n) is 5.13. The van der Waals surface area contributed by atoms with Crippen LogP contribution < -0.4 is 11.0 Å². The Kier molecular flexibility index (Phi) is 3.82. The minimum absolute atomic E-state index is 0.168. The molecule has 1 N–H and O–H groups in total. The van der Waals surface area contributed by atoms with Crippen molar-refractivity contribution in [2.24, 2.45) is 7.05 Å². The highest BCUT2D eigenvalue weighted by Crippen LogP contribution is 2.25. The molecule has 1 aromatic rings. The van der Waals surface area contributed by atoms with Gasteiger partial charge in [0.05, 0.1) is 0 Å². The topological polar surface area (TPSA) is 68.9 Å². The van der Waals surface area contributed by atoms with E-state index in [1.165, 1.54) is 0 Å². The maximum atomic E-state index is 12.5. The van der Waals surface area contributed by atoms with E-state index >= 15 is 0 Å². The molecule has 0 saturated carbocycles. The molecule has 0 aliphatic heterocycles. The first kappa shape index (κ1) is 14.3. The van der Waals surface area contributed by atoms with E-state index in [1.54, 1.807) is 13.8 Å². The summed E-state index contributed by atoms with van der Waals surface area (Å²) in [6, 6.07) is -0.168. The van der Waals surface area contributed by atoms with Gasteiger partial charge in [0.1, 0.15) is 6.54 Å². The largest absolute Gasteiger partial charge is 0.451 e. The Morgan fingerprint density at radius 3 is 2.39 bits per heavy atom. The smallest absolute Gasteiger partial charge is 0.352 e. The van der Waals surface area contributed by atoms with Gasteiger partial charge in [0.15, 0.2) is 0 Å². The Balaban J connectivity index is 2.99. The number of rotatable bonds is 3. The predicted octanol–water partition coefficient (Wildman–Crippen LogP) is 0.125. The summed E-state index contributed by atoms with van der Waals surface area (Å²) in [5, 5.41) is 5.57. The van der Waals surface area contributed by atoms with Gasteiger partial charge in [-0.25, -0.2) is 9.48 Å². The van der Waals surface area contributed by atoms with Crippen molar-refractivity contribution in [3.05, 3.63) is 16.3 Å². The number of halogens is 3. The van der Waals surface area contributed by atoms with E-state index in [0.29, 0.717) is 9.25 Å². The van der Waals surface area contributed by atoms with Crippen LogP contribution in [0.4, 0.5) is 13.2 Å². The van der Waals surface area contributed by atoms with E-state index < -0.39 is 30.1 Å². The van der Waals surface area contributed by atoms with E-state index in [0.717, 1.165) is 7.05 Å².